The summed E-state index contributed by atoms with van der Waals surface area (Å²) in [5.41, 5.74) is 23.0. The molecule has 0 saturated heterocycles. The maximum absolute atomic E-state index is 2.62. The van der Waals surface area contributed by atoms with Crippen LogP contribution in [0.3, 0.4) is 0 Å². The van der Waals surface area contributed by atoms with Crippen molar-refractivity contribution in [3.63, 3.8) is 0 Å². The molecule has 9 aromatic carbocycles. The van der Waals surface area contributed by atoms with Gasteiger partial charge in [-0.3, -0.25) is 0 Å². The monoisotopic (exact) mass is 708 g/mol. The largest absolute Gasteiger partial charge is 0.311 e. The van der Waals surface area contributed by atoms with Crippen LogP contribution in [-0.2, 0) is 0 Å². The van der Waals surface area contributed by atoms with E-state index in [2.05, 4.69) is 198 Å². The van der Waals surface area contributed by atoms with Crippen molar-refractivity contribution in [1.29, 1.82) is 0 Å². The molecule has 1 aliphatic carbocycles. The lowest BCUT2D eigenvalue weighted by Gasteiger charge is -2.41. The highest BCUT2D eigenvalue weighted by atomic mass is 15.2. The molecule has 0 unspecified atom stereocenters. The van der Waals surface area contributed by atoms with Crippen LogP contribution < -0.4 is 21.3 Å². The summed E-state index contributed by atoms with van der Waals surface area (Å²) < 4.78 is 2.62. The third kappa shape index (κ3) is 3.91. The normalized spacial score (nSPS) is 13.0. The second-order valence-corrected chi connectivity index (χ2v) is 15.7. The molecule has 0 N–H and O–H groups in total. The lowest BCUT2D eigenvalue weighted by atomic mass is 9.33. The summed E-state index contributed by atoms with van der Waals surface area (Å²) in [5.74, 6) is 0. The Labute approximate surface area is 325 Å². The van der Waals surface area contributed by atoms with Crippen molar-refractivity contribution in [3.8, 4) is 50.2 Å². The molecule has 0 spiro atoms. The predicted molar refractivity (Wildman–Crippen MR) is 238 cm³/mol. The van der Waals surface area contributed by atoms with Crippen LogP contribution >= 0.6 is 0 Å². The van der Waals surface area contributed by atoms with E-state index in [1.807, 2.05) is 0 Å². The predicted octanol–water partition coefficient (Wildman–Crippen LogP) is 11.8. The molecule has 2 aliphatic heterocycles. The van der Waals surface area contributed by atoms with Crippen molar-refractivity contribution in [2.24, 2.45) is 0 Å². The molecule has 0 saturated carbocycles. The van der Waals surface area contributed by atoms with Gasteiger partial charge in [0, 0.05) is 33.5 Å². The van der Waals surface area contributed by atoms with Gasteiger partial charge in [0.15, 0.2) is 0 Å². The van der Waals surface area contributed by atoms with Crippen LogP contribution in [0.1, 0.15) is 5.56 Å². The van der Waals surface area contributed by atoms with E-state index in [4.69, 9.17) is 0 Å². The lowest BCUT2D eigenvalue weighted by molar-refractivity contribution is 1.17. The fraction of sp³-hybridized carbons (Fsp3) is 0.0189. The average molecular weight is 709 g/mol. The Balaban J connectivity index is 1.17. The van der Waals surface area contributed by atoms with E-state index < -0.39 is 0 Å². The maximum atomic E-state index is 2.62. The summed E-state index contributed by atoms with van der Waals surface area (Å²) >= 11 is 0. The molecule has 56 heavy (non-hydrogen) atoms. The van der Waals surface area contributed by atoms with Gasteiger partial charge in [0.25, 0.3) is 6.71 Å². The Morgan fingerprint density at radius 1 is 0.411 bits per heavy atom. The van der Waals surface area contributed by atoms with Gasteiger partial charge in [0.2, 0.25) is 0 Å². The van der Waals surface area contributed by atoms with Crippen LogP contribution in [-0.4, -0.2) is 11.3 Å². The molecule has 0 atom stereocenters. The van der Waals surface area contributed by atoms with Crippen LogP contribution in [0, 0.1) is 6.92 Å². The van der Waals surface area contributed by atoms with E-state index in [-0.39, 0.29) is 6.71 Å². The molecule has 3 heteroatoms. The van der Waals surface area contributed by atoms with Crippen LogP contribution in [0.4, 0.5) is 17.1 Å². The van der Waals surface area contributed by atoms with Gasteiger partial charge in [-0.2, -0.15) is 0 Å². The zero-order valence-electron chi connectivity index (χ0n) is 30.8. The molecular formula is C53H33BN2. The van der Waals surface area contributed by atoms with Crippen LogP contribution in [0.15, 0.2) is 182 Å². The Morgan fingerprint density at radius 2 is 1.02 bits per heavy atom. The van der Waals surface area contributed by atoms with Gasteiger partial charge in [-0.1, -0.05) is 146 Å². The summed E-state index contributed by atoms with van der Waals surface area (Å²) in [6, 6.07) is 68.1. The van der Waals surface area contributed by atoms with Crippen LogP contribution in [0.5, 0.6) is 0 Å². The number of rotatable bonds is 3. The fourth-order valence-electron chi connectivity index (χ4n) is 10.5. The van der Waals surface area contributed by atoms with E-state index >= 15 is 0 Å². The van der Waals surface area contributed by atoms with Gasteiger partial charge in [0.05, 0.1) is 11.0 Å². The van der Waals surface area contributed by atoms with E-state index in [1.54, 1.807) is 0 Å². The number of aromatic nitrogens is 1. The highest BCUT2D eigenvalue weighted by molar-refractivity contribution is 7.00. The first-order valence-corrected chi connectivity index (χ1v) is 19.6. The highest BCUT2D eigenvalue weighted by Gasteiger charge is 2.43. The zero-order valence-corrected chi connectivity index (χ0v) is 30.8. The number of benzene rings is 9. The maximum Gasteiger partial charge on any atom is 0.252 e. The van der Waals surface area contributed by atoms with Gasteiger partial charge in [-0.15, -0.1) is 0 Å². The van der Waals surface area contributed by atoms with Gasteiger partial charge in [-0.25, -0.2) is 0 Å². The number of hydrogen-bond donors (Lipinski definition) is 0. The van der Waals surface area contributed by atoms with E-state index in [0.717, 1.165) is 5.69 Å². The van der Waals surface area contributed by atoms with Gasteiger partial charge >= 0.3 is 0 Å². The number of fused-ring (bicyclic) bond motifs is 8. The average Bonchev–Trinajstić information content (AvgIpc) is 3.55. The molecule has 0 fully saturated rings. The molecule has 13 rings (SSSR count). The Bertz CT molecular complexity index is 3300. The number of hydrogen-bond acceptors (Lipinski definition) is 1. The number of aryl methyl sites for hydroxylation is 1. The van der Waals surface area contributed by atoms with Crippen molar-refractivity contribution < 1.29 is 0 Å². The second kappa shape index (κ2) is 11.0. The lowest BCUT2D eigenvalue weighted by Crippen LogP contribution is -2.60. The standard InChI is InChI=1S/C53H33BN2/c1-32-28-47-52-48(29-32)56-46-21-11-20-42-40-18-9-8-17-39(40)41-19-10-16-37-31-44(53(56)51(49(37)41)50(42)46)54(52)43-30-36(34-14-6-3-7-15-34)24-27-45(43)55(47)38-25-22-35(23-26-38)33-12-4-2-5-13-33/h2-31H,1H3. The molecule has 3 aliphatic rings. The quantitative estimate of drug-likeness (QED) is 0.166. The van der Waals surface area contributed by atoms with Gasteiger partial charge in [0.1, 0.15) is 0 Å². The minimum atomic E-state index is 0.0399. The smallest absolute Gasteiger partial charge is 0.252 e. The third-order valence-corrected chi connectivity index (χ3v) is 12.7. The first kappa shape index (κ1) is 30.3. The zero-order chi connectivity index (χ0) is 36.6. The Hall–Kier alpha value is -7.10. The molecule has 0 amide bonds. The van der Waals surface area contributed by atoms with E-state index in [0.29, 0.717) is 0 Å². The fourth-order valence-corrected chi connectivity index (χ4v) is 10.5. The summed E-state index contributed by atoms with van der Waals surface area (Å²) in [6.45, 7) is 2.30. The highest BCUT2D eigenvalue weighted by Crippen LogP contribution is 2.51. The topological polar surface area (TPSA) is 8.17 Å². The summed E-state index contributed by atoms with van der Waals surface area (Å²) in [5, 5.41) is 5.39. The molecule has 0 bridgehead atoms. The van der Waals surface area contributed by atoms with Crippen molar-refractivity contribution in [3.05, 3.63) is 188 Å². The summed E-state index contributed by atoms with van der Waals surface area (Å²) in [6.07, 6.45) is 0. The first-order chi connectivity index (χ1) is 27.7. The summed E-state index contributed by atoms with van der Waals surface area (Å²) in [7, 11) is 0. The van der Waals surface area contributed by atoms with E-state index in [9.17, 15) is 0 Å². The van der Waals surface area contributed by atoms with Crippen molar-refractivity contribution in [2.75, 3.05) is 4.90 Å². The molecule has 258 valence electrons. The molecule has 2 nitrogen and oxygen atoms in total. The van der Waals surface area contributed by atoms with Crippen molar-refractivity contribution in [2.45, 2.75) is 6.92 Å². The van der Waals surface area contributed by atoms with Crippen molar-refractivity contribution in [1.82, 2.24) is 4.57 Å². The van der Waals surface area contributed by atoms with Gasteiger partial charge in [-0.05, 0) is 121 Å². The van der Waals surface area contributed by atoms with E-state index in [1.165, 1.54) is 116 Å². The van der Waals surface area contributed by atoms with Crippen molar-refractivity contribution >= 4 is 72.7 Å². The molecule has 0 radical (unpaired) electrons. The third-order valence-electron chi connectivity index (χ3n) is 12.7. The first-order valence-electron chi connectivity index (χ1n) is 19.6. The SMILES string of the molecule is Cc1cc2c3c(c1)-n1c4cccc5c4c4c6c(cccc6cc(c41)B3c1cc(-c3ccccc3)ccc1N2c1ccc(-c2ccccc2)cc1)-c1ccccc1-5. The Kier molecular flexibility index (Phi) is 5.94. The molecule has 1 aromatic heterocycles. The minimum Gasteiger partial charge on any atom is -0.311 e. The van der Waals surface area contributed by atoms with Crippen LogP contribution in [0.25, 0.3) is 82.8 Å². The number of nitrogens with zero attached hydrogens (tertiary/aromatic N) is 2. The van der Waals surface area contributed by atoms with Gasteiger partial charge < -0.3 is 9.47 Å². The molecule has 3 heterocycles. The minimum absolute atomic E-state index is 0.0399. The second-order valence-electron chi connectivity index (χ2n) is 15.7. The Morgan fingerprint density at radius 3 is 1.77 bits per heavy atom. The molecular weight excluding hydrogens is 675 g/mol. The molecule has 10 aromatic rings. The van der Waals surface area contributed by atoms with Crippen LogP contribution in [0.2, 0.25) is 0 Å². The summed E-state index contributed by atoms with van der Waals surface area (Å²) in [4.78, 5) is 2.53. The number of anilines is 3.